The molecule has 108 valence electrons. The molecule has 5 heteroatoms. The van der Waals surface area contributed by atoms with Gasteiger partial charge in [-0.3, -0.25) is 4.79 Å². The molecular formula is C14H22ClNO3. The van der Waals surface area contributed by atoms with Gasteiger partial charge < -0.3 is 14.8 Å². The number of carbonyl (C=O) groups is 1. The number of rotatable bonds is 8. The fourth-order valence-corrected chi connectivity index (χ4v) is 1.60. The minimum absolute atomic E-state index is 0. The van der Waals surface area contributed by atoms with E-state index in [-0.39, 0.29) is 18.4 Å². The summed E-state index contributed by atoms with van der Waals surface area (Å²) >= 11 is 0. The van der Waals surface area contributed by atoms with Crippen molar-refractivity contribution in [3.63, 3.8) is 0 Å². The molecule has 0 aromatic heterocycles. The first kappa shape index (κ1) is 17.7. The van der Waals surface area contributed by atoms with E-state index in [9.17, 15) is 4.79 Å². The molecule has 0 saturated heterocycles. The molecule has 0 aliphatic heterocycles. The van der Waals surface area contributed by atoms with Crippen molar-refractivity contribution in [1.29, 1.82) is 0 Å². The molecule has 0 unspecified atom stereocenters. The van der Waals surface area contributed by atoms with Crippen LogP contribution in [0.15, 0.2) is 24.3 Å². The molecule has 0 bridgehead atoms. The van der Waals surface area contributed by atoms with Gasteiger partial charge in [-0.25, -0.2) is 0 Å². The second-order valence-electron chi connectivity index (χ2n) is 4.06. The molecule has 0 heterocycles. The van der Waals surface area contributed by atoms with E-state index in [1.165, 1.54) is 12.7 Å². The van der Waals surface area contributed by atoms with Crippen LogP contribution in [0.2, 0.25) is 0 Å². The van der Waals surface area contributed by atoms with E-state index in [0.29, 0.717) is 6.42 Å². The standard InChI is InChI=1S/C14H21NO3.ClH/c1-17-13-8-6-12(7-9-13)11-15-10-4-3-5-14(16)18-2;/h6-9,15H,3-5,10-11H2,1-2H3;1H. The van der Waals surface area contributed by atoms with Crippen LogP contribution in [0, 0.1) is 0 Å². The van der Waals surface area contributed by atoms with Gasteiger partial charge in [-0.15, -0.1) is 12.4 Å². The summed E-state index contributed by atoms with van der Waals surface area (Å²) in [4.78, 5) is 10.9. The van der Waals surface area contributed by atoms with Crippen LogP contribution >= 0.6 is 12.4 Å². The number of benzene rings is 1. The molecule has 0 atom stereocenters. The molecule has 1 aromatic rings. The summed E-state index contributed by atoms with van der Waals surface area (Å²) < 4.78 is 9.67. The second-order valence-corrected chi connectivity index (χ2v) is 4.06. The summed E-state index contributed by atoms with van der Waals surface area (Å²) in [6.45, 7) is 1.74. The number of methoxy groups -OCH3 is 2. The molecule has 0 amide bonds. The number of esters is 1. The van der Waals surface area contributed by atoms with Crippen molar-refractivity contribution < 1.29 is 14.3 Å². The molecule has 0 fully saturated rings. The quantitative estimate of drug-likeness (QED) is 0.590. The van der Waals surface area contributed by atoms with Crippen molar-refractivity contribution in [2.24, 2.45) is 0 Å². The lowest BCUT2D eigenvalue weighted by Crippen LogP contribution is -2.15. The van der Waals surface area contributed by atoms with Crippen molar-refractivity contribution in [2.75, 3.05) is 20.8 Å². The smallest absolute Gasteiger partial charge is 0.305 e. The van der Waals surface area contributed by atoms with Gasteiger partial charge in [-0.05, 0) is 37.1 Å². The predicted molar refractivity (Wildman–Crippen MR) is 77.8 cm³/mol. The third kappa shape index (κ3) is 7.70. The number of hydrogen-bond acceptors (Lipinski definition) is 4. The Hall–Kier alpha value is -1.26. The number of halogens is 1. The van der Waals surface area contributed by atoms with Gasteiger partial charge in [0.1, 0.15) is 5.75 Å². The van der Waals surface area contributed by atoms with E-state index in [0.717, 1.165) is 31.7 Å². The molecule has 1 aromatic carbocycles. The zero-order valence-corrected chi connectivity index (χ0v) is 12.3. The van der Waals surface area contributed by atoms with Crippen molar-refractivity contribution in [2.45, 2.75) is 25.8 Å². The molecule has 1 N–H and O–H groups in total. The minimum Gasteiger partial charge on any atom is -0.497 e. The highest BCUT2D eigenvalue weighted by molar-refractivity contribution is 5.85. The molecule has 0 radical (unpaired) electrons. The van der Waals surface area contributed by atoms with Gasteiger partial charge in [0.15, 0.2) is 0 Å². The van der Waals surface area contributed by atoms with Crippen LogP contribution in [0.1, 0.15) is 24.8 Å². The molecule has 4 nitrogen and oxygen atoms in total. The van der Waals surface area contributed by atoms with Gasteiger partial charge in [0.25, 0.3) is 0 Å². The highest BCUT2D eigenvalue weighted by atomic mass is 35.5. The van der Waals surface area contributed by atoms with Gasteiger partial charge in [-0.1, -0.05) is 12.1 Å². The summed E-state index contributed by atoms with van der Waals surface area (Å²) in [5.74, 6) is 0.738. The maximum Gasteiger partial charge on any atom is 0.305 e. The first-order valence-electron chi connectivity index (χ1n) is 6.16. The Morgan fingerprint density at radius 2 is 1.84 bits per heavy atom. The van der Waals surface area contributed by atoms with Crippen LogP contribution in [0.25, 0.3) is 0 Å². The van der Waals surface area contributed by atoms with Gasteiger partial charge >= 0.3 is 5.97 Å². The van der Waals surface area contributed by atoms with Gasteiger partial charge in [0.2, 0.25) is 0 Å². The Labute approximate surface area is 120 Å². The maximum atomic E-state index is 10.9. The summed E-state index contributed by atoms with van der Waals surface area (Å²) in [5.41, 5.74) is 1.23. The average Bonchev–Trinajstić information content (AvgIpc) is 2.43. The van der Waals surface area contributed by atoms with Crippen LogP contribution in [-0.2, 0) is 16.1 Å². The predicted octanol–water partition coefficient (Wildman–Crippen LogP) is 2.55. The molecule has 19 heavy (non-hydrogen) atoms. The first-order valence-corrected chi connectivity index (χ1v) is 6.16. The number of nitrogens with one attached hydrogen (secondary N) is 1. The van der Waals surface area contributed by atoms with Crippen molar-refractivity contribution in [1.82, 2.24) is 5.32 Å². The Balaban J connectivity index is 0.00000324. The highest BCUT2D eigenvalue weighted by Crippen LogP contribution is 2.10. The van der Waals surface area contributed by atoms with Crippen molar-refractivity contribution in [3.05, 3.63) is 29.8 Å². The number of unbranched alkanes of at least 4 members (excludes halogenated alkanes) is 1. The summed E-state index contributed by atoms with van der Waals surface area (Å²) in [5, 5.41) is 3.34. The van der Waals surface area contributed by atoms with Gasteiger partial charge in [-0.2, -0.15) is 0 Å². The van der Waals surface area contributed by atoms with Crippen LogP contribution in [0.4, 0.5) is 0 Å². The van der Waals surface area contributed by atoms with Gasteiger partial charge in [0.05, 0.1) is 14.2 Å². The SMILES string of the molecule is COC(=O)CCCCNCc1ccc(OC)cc1.Cl. The van der Waals surface area contributed by atoms with Crippen LogP contribution in [0.5, 0.6) is 5.75 Å². The molecule has 0 aliphatic rings. The lowest BCUT2D eigenvalue weighted by molar-refractivity contribution is -0.140. The molecule has 0 aliphatic carbocycles. The fourth-order valence-electron chi connectivity index (χ4n) is 1.60. The van der Waals surface area contributed by atoms with Gasteiger partial charge in [0, 0.05) is 13.0 Å². The molecular weight excluding hydrogens is 266 g/mol. The number of ether oxygens (including phenoxy) is 2. The molecule has 1 rings (SSSR count). The third-order valence-electron chi connectivity index (χ3n) is 2.70. The zero-order chi connectivity index (χ0) is 13.2. The summed E-state index contributed by atoms with van der Waals surface area (Å²) in [7, 11) is 3.08. The monoisotopic (exact) mass is 287 g/mol. The van der Waals surface area contributed by atoms with E-state index in [1.807, 2.05) is 24.3 Å². The fraction of sp³-hybridized carbons (Fsp3) is 0.500. The largest absolute Gasteiger partial charge is 0.497 e. The van der Waals surface area contributed by atoms with Crippen LogP contribution in [0.3, 0.4) is 0 Å². The van der Waals surface area contributed by atoms with Crippen LogP contribution < -0.4 is 10.1 Å². The Bertz CT molecular complexity index is 354. The highest BCUT2D eigenvalue weighted by Gasteiger charge is 1.99. The van der Waals surface area contributed by atoms with E-state index in [1.54, 1.807) is 7.11 Å². The molecule has 0 saturated carbocycles. The number of hydrogen-bond donors (Lipinski definition) is 1. The topological polar surface area (TPSA) is 47.6 Å². The van der Waals surface area contributed by atoms with Crippen molar-refractivity contribution >= 4 is 18.4 Å². The maximum absolute atomic E-state index is 10.9. The zero-order valence-electron chi connectivity index (χ0n) is 11.5. The molecule has 0 spiro atoms. The Morgan fingerprint density at radius 3 is 2.42 bits per heavy atom. The van der Waals surface area contributed by atoms with E-state index < -0.39 is 0 Å². The Kier molecular flexibility index (Phi) is 9.94. The van der Waals surface area contributed by atoms with E-state index >= 15 is 0 Å². The lowest BCUT2D eigenvalue weighted by Gasteiger charge is -2.05. The first-order chi connectivity index (χ1) is 8.76. The van der Waals surface area contributed by atoms with E-state index in [2.05, 4.69) is 10.1 Å². The average molecular weight is 288 g/mol. The second kappa shape index (κ2) is 10.6. The van der Waals surface area contributed by atoms with Crippen molar-refractivity contribution in [3.8, 4) is 5.75 Å². The van der Waals surface area contributed by atoms with E-state index in [4.69, 9.17) is 4.74 Å². The Morgan fingerprint density at radius 1 is 1.16 bits per heavy atom. The summed E-state index contributed by atoms with van der Waals surface area (Å²) in [6, 6.07) is 7.99. The lowest BCUT2D eigenvalue weighted by atomic mass is 10.2. The third-order valence-corrected chi connectivity index (χ3v) is 2.70. The normalized spacial score (nSPS) is 9.58. The minimum atomic E-state index is -0.134. The summed E-state index contributed by atoms with van der Waals surface area (Å²) in [6.07, 6.45) is 2.34. The van der Waals surface area contributed by atoms with Crippen LogP contribution in [-0.4, -0.2) is 26.7 Å². The number of carbonyl (C=O) groups excluding carboxylic acids is 1.